The molecule has 0 bridgehead atoms. The summed E-state index contributed by atoms with van der Waals surface area (Å²) in [5.74, 6) is 0.721. The van der Waals surface area contributed by atoms with Crippen LogP contribution in [-0.2, 0) is 0 Å². The lowest BCUT2D eigenvalue weighted by atomic mass is 9.96. The highest BCUT2D eigenvalue weighted by molar-refractivity contribution is 9.09. The minimum Gasteiger partial charge on any atom is -0.0847 e. The molecule has 0 spiro atoms. The van der Waals surface area contributed by atoms with Crippen LogP contribution in [0.4, 0.5) is 0 Å². The van der Waals surface area contributed by atoms with Gasteiger partial charge in [-0.25, -0.2) is 0 Å². The van der Waals surface area contributed by atoms with Crippen molar-refractivity contribution in [1.29, 1.82) is 0 Å². The van der Waals surface area contributed by atoms with Crippen LogP contribution in [0, 0.1) is 5.92 Å². The summed E-state index contributed by atoms with van der Waals surface area (Å²) in [7, 11) is 0. The number of allylic oxidation sites excluding steroid dienone is 4. The van der Waals surface area contributed by atoms with Gasteiger partial charge in [0.2, 0.25) is 0 Å². The molecular weight excluding hydrogens is 235 g/mol. The van der Waals surface area contributed by atoms with E-state index in [4.69, 9.17) is 11.6 Å². The topological polar surface area (TPSA) is 0 Å². The Labute approximate surface area is 87.8 Å². The summed E-state index contributed by atoms with van der Waals surface area (Å²) < 4.78 is 0. The lowest BCUT2D eigenvalue weighted by molar-refractivity contribution is 0.625. The Kier molecular flexibility index (Phi) is 3.85. The van der Waals surface area contributed by atoms with Crippen molar-refractivity contribution in [3.63, 3.8) is 0 Å². The van der Waals surface area contributed by atoms with Crippen LogP contribution in [0.3, 0.4) is 0 Å². The predicted octanol–water partition coefficient (Wildman–Crippen LogP) is 4.25. The summed E-state index contributed by atoms with van der Waals surface area (Å²) in [4.78, 5) is 0.434. The molecule has 0 aromatic heterocycles. The Morgan fingerprint density at radius 1 is 1.67 bits per heavy atom. The smallest absolute Gasteiger partial charge is 0.0379 e. The fourth-order valence-electron chi connectivity index (χ4n) is 1.45. The summed E-state index contributed by atoms with van der Waals surface area (Å²) in [6, 6.07) is 0. The molecule has 0 aromatic rings. The highest BCUT2D eigenvalue weighted by Crippen LogP contribution is 2.28. The average molecular weight is 250 g/mol. The van der Waals surface area contributed by atoms with Crippen LogP contribution in [0.1, 0.15) is 26.7 Å². The van der Waals surface area contributed by atoms with Crippen LogP contribution in [0.5, 0.6) is 0 Å². The third-order valence-electron chi connectivity index (χ3n) is 1.81. The molecule has 0 nitrogen and oxygen atoms in total. The Morgan fingerprint density at radius 3 is 2.83 bits per heavy atom. The quantitative estimate of drug-likeness (QED) is 0.642. The molecule has 68 valence electrons. The fourth-order valence-corrected chi connectivity index (χ4v) is 2.61. The Bertz CT molecular complexity index is 216. The summed E-state index contributed by atoms with van der Waals surface area (Å²) in [6.45, 7) is 4.46. The van der Waals surface area contributed by atoms with Gasteiger partial charge < -0.3 is 0 Å². The van der Waals surface area contributed by atoms with Gasteiger partial charge in [-0.15, -0.1) is 0 Å². The monoisotopic (exact) mass is 248 g/mol. The number of halogens is 2. The van der Waals surface area contributed by atoms with Gasteiger partial charge >= 0.3 is 0 Å². The molecule has 1 aliphatic carbocycles. The summed E-state index contributed by atoms with van der Waals surface area (Å²) >= 11 is 9.50. The van der Waals surface area contributed by atoms with Gasteiger partial charge in [-0.3, -0.25) is 0 Å². The van der Waals surface area contributed by atoms with Crippen LogP contribution in [-0.4, -0.2) is 4.83 Å². The minimum atomic E-state index is 0.434. The van der Waals surface area contributed by atoms with Gasteiger partial charge in [0.25, 0.3) is 0 Å². The van der Waals surface area contributed by atoms with Crippen LogP contribution in [0.2, 0.25) is 0 Å². The lowest BCUT2D eigenvalue weighted by Gasteiger charge is -2.16. The second-order valence-electron chi connectivity index (χ2n) is 3.67. The third kappa shape index (κ3) is 3.32. The largest absolute Gasteiger partial charge is 0.0847 e. The van der Waals surface area contributed by atoms with Crippen LogP contribution in [0.15, 0.2) is 22.8 Å². The molecule has 0 saturated carbocycles. The van der Waals surface area contributed by atoms with E-state index in [9.17, 15) is 0 Å². The molecule has 1 rings (SSSR count). The van der Waals surface area contributed by atoms with Crippen molar-refractivity contribution >= 4 is 27.5 Å². The van der Waals surface area contributed by atoms with Crippen LogP contribution in [0.25, 0.3) is 0 Å². The normalized spacial score (nSPS) is 23.9. The van der Waals surface area contributed by atoms with E-state index >= 15 is 0 Å². The Hall–Kier alpha value is 0.250. The summed E-state index contributed by atoms with van der Waals surface area (Å²) in [5.41, 5.74) is 1.46. The van der Waals surface area contributed by atoms with E-state index in [1.54, 1.807) is 0 Å². The van der Waals surface area contributed by atoms with Crippen molar-refractivity contribution in [2.45, 2.75) is 31.5 Å². The average Bonchev–Trinajstić information content (AvgIpc) is 1.81. The maximum atomic E-state index is 5.94. The SMILES string of the molecule is CC(C)CC1=CC(Cl)=CC(Br)C1. The first-order chi connectivity index (χ1) is 5.58. The van der Waals surface area contributed by atoms with Gasteiger partial charge in [-0.05, 0) is 24.8 Å². The lowest BCUT2D eigenvalue weighted by Crippen LogP contribution is -2.03. The summed E-state index contributed by atoms with van der Waals surface area (Å²) in [6.07, 6.45) is 6.41. The summed E-state index contributed by atoms with van der Waals surface area (Å²) in [5, 5.41) is 0.874. The van der Waals surface area contributed by atoms with Crippen LogP contribution >= 0.6 is 27.5 Å². The molecule has 1 atom stereocenters. The van der Waals surface area contributed by atoms with E-state index in [2.05, 4.69) is 35.9 Å². The van der Waals surface area contributed by atoms with Crippen molar-refractivity contribution in [3.8, 4) is 0 Å². The molecule has 0 radical (unpaired) electrons. The fraction of sp³-hybridized carbons (Fsp3) is 0.600. The zero-order valence-electron chi connectivity index (χ0n) is 7.48. The predicted molar refractivity (Wildman–Crippen MR) is 58.8 cm³/mol. The first-order valence-corrected chi connectivity index (χ1v) is 5.58. The third-order valence-corrected chi connectivity index (χ3v) is 2.63. The molecule has 0 aromatic carbocycles. The van der Waals surface area contributed by atoms with Crippen molar-refractivity contribution in [2.75, 3.05) is 0 Å². The minimum absolute atomic E-state index is 0.434. The zero-order chi connectivity index (χ0) is 9.14. The van der Waals surface area contributed by atoms with Crippen molar-refractivity contribution in [3.05, 3.63) is 22.8 Å². The first kappa shape index (κ1) is 10.3. The molecule has 2 heteroatoms. The van der Waals surface area contributed by atoms with E-state index in [-0.39, 0.29) is 0 Å². The van der Waals surface area contributed by atoms with Gasteiger partial charge in [0.05, 0.1) is 0 Å². The molecule has 0 amide bonds. The number of hydrogen-bond acceptors (Lipinski definition) is 0. The molecule has 1 aliphatic rings. The van der Waals surface area contributed by atoms with Gasteiger partial charge in [0.1, 0.15) is 0 Å². The van der Waals surface area contributed by atoms with E-state index < -0.39 is 0 Å². The van der Waals surface area contributed by atoms with Gasteiger partial charge in [0.15, 0.2) is 0 Å². The van der Waals surface area contributed by atoms with Gasteiger partial charge in [0, 0.05) is 9.86 Å². The standard InChI is InChI=1S/C10H14BrCl/c1-7(2)3-8-4-9(11)6-10(12)5-8/h5-7,9H,3-4H2,1-2H3. The molecular formula is C10H14BrCl. The maximum absolute atomic E-state index is 5.94. The molecule has 0 aliphatic heterocycles. The maximum Gasteiger partial charge on any atom is 0.0379 e. The second kappa shape index (κ2) is 4.48. The number of hydrogen-bond donors (Lipinski definition) is 0. The molecule has 0 fully saturated rings. The van der Waals surface area contributed by atoms with Gasteiger partial charge in [-0.1, -0.05) is 53.0 Å². The zero-order valence-corrected chi connectivity index (χ0v) is 9.82. The second-order valence-corrected chi connectivity index (χ2v) is 5.28. The van der Waals surface area contributed by atoms with E-state index in [0.717, 1.165) is 23.8 Å². The number of rotatable bonds is 2. The molecule has 12 heavy (non-hydrogen) atoms. The van der Waals surface area contributed by atoms with Crippen LogP contribution < -0.4 is 0 Å². The van der Waals surface area contributed by atoms with Crippen molar-refractivity contribution < 1.29 is 0 Å². The van der Waals surface area contributed by atoms with E-state index in [1.807, 2.05) is 6.08 Å². The number of alkyl halides is 1. The molecule has 0 N–H and O–H groups in total. The van der Waals surface area contributed by atoms with Crippen molar-refractivity contribution in [1.82, 2.24) is 0 Å². The molecule has 1 unspecified atom stereocenters. The van der Waals surface area contributed by atoms with Crippen molar-refractivity contribution in [2.24, 2.45) is 5.92 Å². The Balaban J connectivity index is 2.60. The molecule has 0 saturated heterocycles. The Morgan fingerprint density at radius 2 is 2.33 bits per heavy atom. The van der Waals surface area contributed by atoms with E-state index in [1.165, 1.54) is 5.57 Å². The first-order valence-electron chi connectivity index (χ1n) is 4.28. The van der Waals surface area contributed by atoms with E-state index in [0.29, 0.717) is 4.83 Å². The highest BCUT2D eigenvalue weighted by Gasteiger charge is 2.12. The van der Waals surface area contributed by atoms with Gasteiger partial charge in [-0.2, -0.15) is 0 Å². The molecule has 0 heterocycles. The highest BCUT2D eigenvalue weighted by atomic mass is 79.9.